The first-order chi connectivity index (χ1) is 9.69. The minimum Gasteiger partial charge on any atom is -0.381 e. The summed E-state index contributed by atoms with van der Waals surface area (Å²) in [5.74, 6) is 0. The highest BCUT2D eigenvalue weighted by Crippen LogP contribution is 2.21. The Hall–Kier alpha value is -0.810. The van der Waals surface area contributed by atoms with Crippen molar-refractivity contribution in [1.82, 2.24) is 15.1 Å². The quantitative estimate of drug-likeness (QED) is 0.806. The van der Waals surface area contributed by atoms with E-state index in [1.165, 1.54) is 25.9 Å². The number of carbonyl (C=O) groups excluding carboxylic acids is 1. The molecule has 0 unspecified atom stereocenters. The first-order valence-electron chi connectivity index (χ1n) is 7.96. The van der Waals surface area contributed by atoms with Crippen molar-refractivity contribution in [3.63, 3.8) is 0 Å². The molecule has 0 aromatic rings. The fourth-order valence-corrected chi connectivity index (χ4v) is 3.21. The van der Waals surface area contributed by atoms with E-state index in [-0.39, 0.29) is 12.1 Å². The molecule has 2 atom stereocenters. The molecule has 5 nitrogen and oxygen atoms in total. The molecule has 2 fully saturated rings. The highest BCUT2D eigenvalue weighted by molar-refractivity contribution is 5.74. The van der Waals surface area contributed by atoms with E-state index >= 15 is 0 Å². The fourth-order valence-electron chi connectivity index (χ4n) is 3.21. The number of methoxy groups -OCH3 is 1. The van der Waals surface area contributed by atoms with Crippen molar-refractivity contribution in [2.45, 2.75) is 50.7 Å². The Morgan fingerprint density at radius 1 is 1.35 bits per heavy atom. The number of hydrogen-bond acceptors (Lipinski definition) is 3. The third-order valence-electron chi connectivity index (χ3n) is 4.56. The van der Waals surface area contributed by atoms with Crippen molar-refractivity contribution in [1.29, 1.82) is 0 Å². The lowest BCUT2D eigenvalue weighted by atomic mass is 10.2. The van der Waals surface area contributed by atoms with Crippen LogP contribution in [0.4, 0.5) is 4.79 Å². The van der Waals surface area contributed by atoms with Crippen LogP contribution in [0.15, 0.2) is 0 Å². The normalized spacial score (nSPS) is 26.9. The van der Waals surface area contributed by atoms with Crippen molar-refractivity contribution in [3.8, 4) is 0 Å². The van der Waals surface area contributed by atoms with E-state index in [2.05, 4.69) is 10.2 Å². The maximum atomic E-state index is 12.1. The third kappa shape index (κ3) is 4.63. The summed E-state index contributed by atoms with van der Waals surface area (Å²) in [6.07, 6.45) is 7.09. The lowest BCUT2D eigenvalue weighted by molar-refractivity contribution is 0.107. The van der Waals surface area contributed by atoms with Gasteiger partial charge in [0.25, 0.3) is 0 Å². The summed E-state index contributed by atoms with van der Waals surface area (Å²) in [4.78, 5) is 16.4. The van der Waals surface area contributed by atoms with Gasteiger partial charge in [-0.15, -0.1) is 0 Å². The number of urea groups is 1. The van der Waals surface area contributed by atoms with E-state index in [0.29, 0.717) is 6.10 Å². The molecule has 0 aromatic carbocycles. The SMILES string of the molecule is CO[C@H]1CC[C@@H](NC(=O)N(C)CCCN2CCCC2)C1. The lowest BCUT2D eigenvalue weighted by Gasteiger charge is -2.22. The Labute approximate surface area is 122 Å². The molecule has 0 radical (unpaired) electrons. The van der Waals surface area contributed by atoms with Crippen LogP contribution in [0.2, 0.25) is 0 Å². The molecular weight excluding hydrogens is 254 g/mol. The maximum absolute atomic E-state index is 12.1. The van der Waals surface area contributed by atoms with Crippen molar-refractivity contribution < 1.29 is 9.53 Å². The molecule has 1 aliphatic carbocycles. The number of rotatable bonds is 6. The van der Waals surface area contributed by atoms with Crippen LogP contribution in [0.1, 0.15) is 38.5 Å². The van der Waals surface area contributed by atoms with Crippen LogP contribution >= 0.6 is 0 Å². The average Bonchev–Trinajstić information content (AvgIpc) is 3.09. The van der Waals surface area contributed by atoms with Crippen molar-refractivity contribution >= 4 is 6.03 Å². The van der Waals surface area contributed by atoms with Gasteiger partial charge in [-0.1, -0.05) is 0 Å². The minimum absolute atomic E-state index is 0.0631. The number of carbonyl (C=O) groups is 1. The maximum Gasteiger partial charge on any atom is 0.317 e. The van der Waals surface area contributed by atoms with Gasteiger partial charge in [0.15, 0.2) is 0 Å². The van der Waals surface area contributed by atoms with Gasteiger partial charge in [-0.3, -0.25) is 0 Å². The summed E-state index contributed by atoms with van der Waals surface area (Å²) in [5.41, 5.74) is 0. The first kappa shape index (κ1) is 15.6. The predicted molar refractivity (Wildman–Crippen MR) is 79.9 cm³/mol. The highest BCUT2D eigenvalue weighted by atomic mass is 16.5. The molecule has 5 heteroatoms. The van der Waals surface area contributed by atoms with E-state index in [1.54, 1.807) is 7.11 Å². The van der Waals surface area contributed by atoms with Gasteiger partial charge >= 0.3 is 6.03 Å². The van der Waals surface area contributed by atoms with Gasteiger partial charge < -0.3 is 19.9 Å². The zero-order valence-electron chi connectivity index (χ0n) is 12.9. The van der Waals surface area contributed by atoms with Crippen LogP contribution in [0.25, 0.3) is 0 Å². The van der Waals surface area contributed by atoms with Crippen LogP contribution < -0.4 is 5.32 Å². The number of ether oxygens (including phenoxy) is 1. The Bertz CT molecular complexity index is 305. The van der Waals surface area contributed by atoms with Crippen molar-refractivity contribution in [2.75, 3.05) is 40.3 Å². The summed E-state index contributed by atoms with van der Waals surface area (Å²) in [6.45, 7) is 4.42. The van der Waals surface area contributed by atoms with Crippen molar-refractivity contribution in [2.24, 2.45) is 0 Å². The van der Waals surface area contributed by atoms with Crippen LogP contribution in [0.3, 0.4) is 0 Å². The number of nitrogens with zero attached hydrogens (tertiary/aromatic N) is 2. The van der Waals surface area contributed by atoms with Gasteiger partial charge in [-0.05, 0) is 58.2 Å². The molecular formula is C15H29N3O2. The monoisotopic (exact) mass is 283 g/mol. The molecule has 0 bridgehead atoms. The molecule has 1 saturated carbocycles. The summed E-state index contributed by atoms with van der Waals surface area (Å²) in [7, 11) is 3.64. The molecule has 2 amide bonds. The molecule has 20 heavy (non-hydrogen) atoms. The van der Waals surface area contributed by atoms with Gasteiger partial charge in [0.2, 0.25) is 0 Å². The third-order valence-corrected chi connectivity index (χ3v) is 4.56. The largest absolute Gasteiger partial charge is 0.381 e. The molecule has 2 aliphatic rings. The summed E-state index contributed by atoms with van der Waals surface area (Å²) in [5, 5.41) is 3.11. The second kappa shape index (κ2) is 7.84. The van der Waals surface area contributed by atoms with E-state index in [4.69, 9.17) is 4.74 Å². The van der Waals surface area contributed by atoms with Gasteiger partial charge in [-0.2, -0.15) is 0 Å². The van der Waals surface area contributed by atoms with E-state index < -0.39 is 0 Å². The fraction of sp³-hybridized carbons (Fsp3) is 0.933. The molecule has 116 valence electrons. The zero-order valence-corrected chi connectivity index (χ0v) is 12.9. The zero-order chi connectivity index (χ0) is 14.4. The second-order valence-electron chi connectivity index (χ2n) is 6.14. The van der Waals surface area contributed by atoms with E-state index in [1.807, 2.05) is 11.9 Å². The molecule has 0 spiro atoms. The standard InChI is InChI=1S/C15H29N3O2/c1-17(8-5-11-18-9-3-4-10-18)15(19)16-13-6-7-14(12-13)20-2/h13-14H,3-12H2,1-2H3,(H,16,19)/t13-,14+/m1/s1. The summed E-state index contributed by atoms with van der Waals surface area (Å²) in [6, 6.07) is 0.349. The minimum atomic E-state index is 0.0631. The van der Waals surface area contributed by atoms with E-state index in [9.17, 15) is 4.79 Å². The van der Waals surface area contributed by atoms with Gasteiger partial charge in [-0.25, -0.2) is 4.79 Å². The van der Waals surface area contributed by atoms with Gasteiger partial charge in [0.1, 0.15) is 0 Å². The second-order valence-corrected chi connectivity index (χ2v) is 6.14. The molecule has 0 aromatic heterocycles. The summed E-state index contributed by atoms with van der Waals surface area (Å²) < 4.78 is 5.33. The molecule has 2 rings (SSSR count). The number of nitrogens with one attached hydrogen (secondary N) is 1. The lowest BCUT2D eigenvalue weighted by Crippen LogP contribution is -2.43. The number of amides is 2. The van der Waals surface area contributed by atoms with Gasteiger partial charge in [0, 0.05) is 26.7 Å². The number of hydrogen-bond donors (Lipinski definition) is 1. The predicted octanol–water partition coefficient (Wildman–Crippen LogP) is 1.68. The van der Waals surface area contributed by atoms with Crippen molar-refractivity contribution in [3.05, 3.63) is 0 Å². The number of likely N-dealkylation sites (tertiary alicyclic amines) is 1. The summed E-state index contributed by atoms with van der Waals surface area (Å²) >= 11 is 0. The Balaban J connectivity index is 1.59. The van der Waals surface area contributed by atoms with Gasteiger partial charge in [0.05, 0.1) is 6.10 Å². The Morgan fingerprint density at radius 3 is 2.75 bits per heavy atom. The molecule has 1 aliphatic heterocycles. The van der Waals surface area contributed by atoms with Crippen LogP contribution in [0.5, 0.6) is 0 Å². The molecule has 1 saturated heterocycles. The first-order valence-corrected chi connectivity index (χ1v) is 7.96. The average molecular weight is 283 g/mol. The van der Waals surface area contributed by atoms with E-state index in [0.717, 1.165) is 38.8 Å². The highest BCUT2D eigenvalue weighted by Gasteiger charge is 2.26. The van der Waals surface area contributed by atoms with Crippen LogP contribution in [-0.4, -0.2) is 68.3 Å². The molecule has 1 N–H and O–H groups in total. The smallest absolute Gasteiger partial charge is 0.317 e. The molecule has 1 heterocycles. The Morgan fingerprint density at radius 2 is 2.10 bits per heavy atom. The van der Waals surface area contributed by atoms with Crippen LogP contribution in [0, 0.1) is 0 Å². The topological polar surface area (TPSA) is 44.8 Å². The van der Waals surface area contributed by atoms with Crippen LogP contribution in [-0.2, 0) is 4.74 Å². The Kier molecular flexibility index (Phi) is 6.10.